The second-order valence-corrected chi connectivity index (χ2v) is 7.73. The monoisotopic (exact) mass is 370 g/mol. The first kappa shape index (κ1) is 19.7. The lowest BCUT2D eigenvalue weighted by Crippen LogP contribution is -2.46. The fourth-order valence-corrected chi connectivity index (χ4v) is 4.11. The number of benzene rings is 1. The first-order chi connectivity index (χ1) is 13.3. The van der Waals surface area contributed by atoms with E-state index >= 15 is 0 Å². The first-order valence-corrected chi connectivity index (χ1v) is 10.6. The Labute approximate surface area is 163 Å². The Balaban J connectivity index is 1.50. The summed E-state index contributed by atoms with van der Waals surface area (Å²) in [4.78, 5) is 21.4. The van der Waals surface area contributed by atoms with E-state index in [1.54, 1.807) is 0 Å². The number of aliphatic imine (C=N–C) groups is 1. The second kappa shape index (κ2) is 10.3. The van der Waals surface area contributed by atoms with E-state index in [2.05, 4.69) is 52.5 Å². The molecule has 5 heteroatoms. The highest BCUT2D eigenvalue weighted by atomic mass is 16.2. The van der Waals surface area contributed by atoms with E-state index in [4.69, 9.17) is 0 Å². The Morgan fingerprint density at radius 2 is 1.74 bits per heavy atom. The van der Waals surface area contributed by atoms with Crippen LogP contribution in [0.15, 0.2) is 35.3 Å². The summed E-state index contributed by atoms with van der Waals surface area (Å²) in [7, 11) is 0. The van der Waals surface area contributed by atoms with Gasteiger partial charge >= 0.3 is 0 Å². The maximum absolute atomic E-state index is 12.4. The Bertz CT molecular complexity index is 602. The Morgan fingerprint density at radius 3 is 2.41 bits per heavy atom. The van der Waals surface area contributed by atoms with E-state index < -0.39 is 0 Å². The lowest BCUT2D eigenvalue weighted by molar-refractivity contribution is -0.130. The van der Waals surface area contributed by atoms with Crippen molar-refractivity contribution in [3.63, 3.8) is 0 Å². The number of piperidine rings is 2. The highest BCUT2D eigenvalue weighted by Crippen LogP contribution is 2.21. The van der Waals surface area contributed by atoms with Crippen LogP contribution in [-0.2, 0) is 11.2 Å². The Kier molecular flexibility index (Phi) is 7.55. The molecule has 5 nitrogen and oxygen atoms in total. The van der Waals surface area contributed by atoms with Crippen molar-refractivity contribution >= 4 is 11.9 Å². The molecule has 1 N–H and O–H groups in total. The van der Waals surface area contributed by atoms with Crippen LogP contribution in [0.3, 0.4) is 0 Å². The molecule has 0 bridgehead atoms. The van der Waals surface area contributed by atoms with Crippen LogP contribution in [0.25, 0.3) is 0 Å². The number of hydrogen-bond acceptors (Lipinski definition) is 2. The lowest BCUT2D eigenvalue weighted by Gasteiger charge is -2.34. The molecule has 2 saturated heterocycles. The van der Waals surface area contributed by atoms with Gasteiger partial charge in [-0.2, -0.15) is 0 Å². The molecule has 0 spiro atoms. The normalized spacial score (nSPS) is 19.2. The summed E-state index contributed by atoms with van der Waals surface area (Å²) < 4.78 is 0. The van der Waals surface area contributed by atoms with Crippen molar-refractivity contribution in [2.45, 2.75) is 45.4 Å². The molecule has 0 aliphatic carbocycles. The zero-order chi connectivity index (χ0) is 18.9. The van der Waals surface area contributed by atoms with E-state index in [0.29, 0.717) is 0 Å². The molecule has 0 aromatic heterocycles. The minimum Gasteiger partial charge on any atom is -0.357 e. The van der Waals surface area contributed by atoms with Crippen molar-refractivity contribution in [3.8, 4) is 0 Å². The van der Waals surface area contributed by atoms with Crippen molar-refractivity contribution < 1.29 is 4.79 Å². The average molecular weight is 371 g/mol. The standard InChI is InChI=1S/C22H34N4O/c1-2-23-22(24-18-21(27)25-13-7-4-8-14-25)26-15-11-20(12-16-26)17-19-9-5-3-6-10-19/h3,5-6,9-10,20H,2,4,7-8,11-18H2,1H3,(H,23,24). The molecule has 2 fully saturated rings. The summed E-state index contributed by atoms with van der Waals surface area (Å²) in [6, 6.07) is 10.8. The van der Waals surface area contributed by atoms with Gasteiger partial charge in [0, 0.05) is 32.7 Å². The topological polar surface area (TPSA) is 47.9 Å². The molecular weight excluding hydrogens is 336 g/mol. The summed E-state index contributed by atoms with van der Waals surface area (Å²) in [6.45, 7) is 7.02. The minimum atomic E-state index is 0.170. The highest BCUT2D eigenvalue weighted by molar-refractivity contribution is 5.85. The third-order valence-corrected chi connectivity index (χ3v) is 5.69. The van der Waals surface area contributed by atoms with Gasteiger partial charge in [-0.3, -0.25) is 4.79 Å². The van der Waals surface area contributed by atoms with E-state index in [0.717, 1.165) is 63.9 Å². The molecule has 1 amide bonds. The zero-order valence-electron chi connectivity index (χ0n) is 16.7. The summed E-state index contributed by atoms with van der Waals surface area (Å²) in [5.74, 6) is 1.81. The molecule has 148 valence electrons. The molecule has 2 heterocycles. The quantitative estimate of drug-likeness (QED) is 0.640. The summed E-state index contributed by atoms with van der Waals surface area (Å²) >= 11 is 0. The van der Waals surface area contributed by atoms with Gasteiger partial charge in [0.2, 0.25) is 5.91 Å². The molecular formula is C22H34N4O. The number of carbonyl (C=O) groups is 1. The molecule has 1 aromatic rings. The molecule has 2 aliphatic heterocycles. The van der Waals surface area contributed by atoms with Crippen LogP contribution in [-0.4, -0.2) is 60.9 Å². The van der Waals surface area contributed by atoms with Crippen LogP contribution in [0.2, 0.25) is 0 Å². The number of likely N-dealkylation sites (tertiary alicyclic amines) is 2. The van der Waals surface area contributed by atoms with Crippen molar-refractivity contribution in [1.82, 2.24) is 15.1 Å². The van der Waals surface area contributed by atoms with Gasteiger partial charge in [0.05, 0.1) is 0 Å². The number of hydrogen-bond donors (Lipinski definition) is 1. The van der Waals surface area contributed by atoms with E-state index in [9.17, 15) is 4.79 Å². The number of rotatable bonds is 5. The summed E-state index contributed by atoms with van der Waals surface area (Å²) in [6.07, 6.45) is 7.02. The molecule has 3 rings (SSSR count). The zero-order valence-corrected chi connectivity index (χ0v) is 16.7. The molecule has 0 atom stereocenters. The van der Waals surface area contributed by atoms with Gasteiger partial charge in [0.25, 0.3) is 0 Å². The second-order valence-electron chi connectivity index (χ2n) is 7.73. The lowest BCUT2D eigenvalue weighted by atomic mass is 9.90. The van der Waals surface area contributed by atoms with Crippen LogP contribution in [0.4, 0.5) is 0 Å². The van der Waals surface area contributed by atoms with E-state index in [1.165, 1.54) is 24.8 Å². The predicted octanol–water partition coefficient (Wildman–Crippen LogP) is 2.92. The van der Waals surface area contributed by atoms with Crippen LogP contribution < -0.4 is 5.32 Å². The molecule has 2 aliphatic rings. The SMILES string of the molecule is CCNC(=NCC(=O)N1CCCCC1)N1CCC(Cc2ccccc2)CC1. The van der Waals surface area contributed by atoms with Gasteiger partial charge in [0.15, 0.2) is 5.96 Å². The highest BCUT2D eigenvalue weighted by Gasteiger charge is 2.22. The molecule has 27 heavy (non-hydrogen) atoms. The van der Waals surface area contributed by atoms with Crippen molar-refractivity contribution in [2.24, 2.45) is 10.9 Å². The van der Waals surface area contributed by atoms with E-state index in [1.807, 2.05) is 4.90 Å². The van der Waals surface area contributed by atoms with Gasteiger partial charge in [-0.25, -0.2) is 4.99 Å². The van der Waals surface area contributed by atoms with Crippen LogP contribution >= 0.6 is 0 Å². The molecule has 0 saturated carbocycles. The van der Waals surface area contributed by atoms with Gasteiger partial charge in [-0.15, -0.1) is 0 Å². The summed E-state index contributed by atoms with van der Waals surface area (Å²) in [5.41, 5.74) is 1.43. The number of amides is 1. The van der Waals surface area contributed by atoms with Crippen LogP contribution in [0.1, 0.15) is 44.6 Å². The number of nitrogens with zero attached hydrogens (tertiary/aromatic N) is 3. The Hall–Kier alpha value is -2.04. The third kappa shape index (κ3) is 5.98. The number of carbonyl (C=O) groups excluding carboxylic acids is 1. The largest absolute Gasteiger partial charge is 0.357 e. The predicted molar refractivity (Wildman–Crippen MR) is 111 cm³/mol. The molecule has 1 aromatic carbocycles. The first-order valence-electron chi connectivity index (χ1n) is 10.6. The summed E-state index contributed by atoms with van der Waals surface area (Å²) in [5, 5.41) is 3.38. The number of guanidine groups is 1. The minimum absolute atomic E-state index is 0.170. The van der Waals surface area contributed by atoms with Crippen molar-refractivity contribution in [1.29, 1.82) is 0 Å². The van der Waals surface area contributed by atoms with Gasteiger partial charge < -0.3 is 15.1 Å². The van der Waals surface area contributed by atoms with Crippen LogP contribution in [0.5, 0.6) is 0 Å². The third-order valence-electron chi connectivity index (χ3n) is 5.69. The smallest absolute Gasteiger partial charge is 0.244 e. The van der Waals surface area contributed by atoms with Crippen LogP contribution in [0, 0.1) is 5.92 Å². The molecule has 0 radical (unpaired) electrons. The van der Waals surface area contributed by atoms with Crippen molar-refractivity contribution in [3.05, 3.63) is 35.9 Å². The van der Waals surface area contributed by atoms with Gasteiger partial charge in [-0.1, -0.05) is 30.3 Å². The maximum atomic E-state index is 12.4. The van der Waals surface area contributed by atoms with Gasteiger partial charge in [0.1, 0.15) is 6.54 Å². The maximum Gasteiger partial charge on any atom is 0.244 e. The van der Waals surface area contributed by atoms with E-state index in [-0.39, 0.29) is 12.5 Å². The average Bonchev–Trinajstić information content (AvgIpc) is 2.73. The fourth-order valence-electron chi connectivity index (χ4n) is 4.11. The fraction of sp³-hybridized carbons (Fsp3) is 0.636. The van der Waals surface area contributed by atoms with Crippen molar-refractivity contribution in [2.75, 3.05) is 39.3 Å². The molecule has 0 unspecified atom stereocenters. The van der Waals surface area contributed by atoms with Gasteiger partial charge in [-0.05, 0) is 56.9 Å². The number of nitrogens with one attached hydrogen (secondary N) is 1. The Morgan fingerprint density at radius 1 is 1.04 bits per heavy atom.